The van der Waals surface area contributed by atoms with Crippen LogP contribution in [0.5, 0.6) is 5.75 Å². The van der Waals surface area contributed by atoms with Crippen molar-refractivity contribution in [3.8, 4) is 5.75 Å². The number of hydrogen-bond donors (Lipinski definition) is 2. The fourth-order valence-electron chi connectivity index (χ4n) is 2.82. The summed E-state index contributed by atoms with van der Waals surface area (Å²) >= 11 is 0. The second-order valence-corrected chi connectivity index (χ2v) is 5.52. The molecule has 2 N–H and O–H groups in total. The lowest BCUT2D eigenvalue weighted by molar-refractivity contribution is -0.116. The normalized spacial score (nSPS) is 16.8. The molecule has 0 fully saturated rings. The zero-order chi connectivity index (χ0) is 15.4. The highest BCUT2D eigenvalue weighted by Gasteiger charge is 2.24. The van der Waals surface area contributed by atoms with Gasteiger partial charge in [0, 0.05) is 31.1 Å². The predicted molar refractivity (Wildman–Crippen MR) is 87.1 cm³/mol. The molecule has 1 aliphatic rings. The number of hydrogen-bond acceptors (Lipinski definition) is 3. The maximum atomic E-state index is 11.8. The van der Waals surface area contributed by atoms with Crippen LogP contribution in [0.15, 0.2) is 48.5 Å². The lowest BCUT2D eigenvalue weighted by Gasteiger charge is -2.25. The molecule has 0 aromatic heterocycles. The van der Waals surface area contributed by atoms with Crippen molar-refractivity contribution in [3.05, 3.63) is 59.7 Å². The molecular formula is C18H20N2O2. The Morgan fingerprint density at radius 1 is 1.18 bits per heavy atom. The third kappa shape index (κ3) is 3.28. The molecule has 4 nitrogen and oxygen atoms in total. The van der Waals surface area contributed by atoms with E-state index < -0.39 is 0 Å². The van der Waals surface area contributed by atoms with Crippen LogP contribution in [0.4, 0.5) is 5.69 Å². The molecule has 1 heterocycles. The van der Waals surface area contributed by atoms with Gasteiger partial charge in [-0.15, -0.1) is 0 Å². The van der Waals surface area contributed by atoms with Gasteiger partial charge in [0.2, 0.25) is 5.91 Å². The van der Waals surface area contributed by atoms with Crippen LogP contribution < -0.4 is 15.4 Å². The van der Waals surface area contributed by atoms with Gasteiger partial charge < -0.3 is 15.4 Å². The van der Waals surface area contributed by atoms with Crippen LogP contribution >= 0.6 is 0 Å². The van der Waals surface area contributed by atoms with E-state index in [0.717, 1.165) is 24.5 Å². The fourth-order valence-corrected chi connectivity index (χ4v) is 2.82. The van der Waals surface area contributed by atoms with E-state index >= 15 is 0 Å². The standard InChI is InChI=1S/C18H20N2O2/c1-22-15-8-6-13(7-9-15)11-19-12-14-10-18(21)20-17-5-3-2-4-16(14)17/h2-9,14,19H,10-12H2,1H3,(H,20,21). The van der Waals surface area contributed by atoms with Gasteiger partial charge in [-0.3, -0.25) is 4.79 Å². The van der Waals surface area contributed by atoms with Gasteiger partial charge in [-0.05, 0) is 29.3 Å². The number of carbonyl (C=O) groups excluding carboxylic acids is 1. The van der Waals surface area contributed by atoms with E-state index in [1.165, 1.54) is 11.1 Å². The summed E-state index contributed by atoms with van der Waals surface area (Å²) in [6.45, 7) is 1.57. The predicted octanol–water partition coefficient (Wildman–Crippen LogP) is 2.91. The molecule has 3 rings (SSSR count). The molecule has 22 heavy (non-hydrogen) atoms. The molecule has 2 aromatic rings. The van der Waals surface area contributed by atoms with E-state index in [2.05, 4.69) is 16.7 Å². The highest BCUT2D eigenvalue weighted by atomic mass is 16.5. The van der Waals surface area contributed by atoms with Gasteiger partial charge in [-0.2, -0.15) is 0 Å². The first-order valence-corrected chi connectivity index (χ1v) is 7.48. The van der Waals surface area contributed by atoms with Gasteiger partial charge in [0.1, 0.15) is 5.75 Å². The van der Waals surface area contributed by atoms with Crippen molar-refractivity contribution in [2.45, 2.75) is 18.9 Å². The Morgan fingerprint density at radius 3 is 2.73 bits per heavy atom. The second-order valence-electron chi connectivity index (χ2n) is 5.52. The van der Waals surface area contributed by atoms with Gasteiger partial charge in [0.25, 0.3) is 0 Å². The molecule has 2 aromatic carbocycles. The third-order valence-electron chi connectivity index (χ3n) is 3.99. The third-order valence-corrected chi connectivity index (χ3v) is 3.99. The molecule has 0 aliphatic carbocycles. The average molecular weight is 296 g/mol. The number of anilines is 1. The van der Waals surface area contributed by atoms with Crippen LogP contribution in [0.25, 0.3) is 0 Å². The van der Waals surface area contributed by atoms with Crippen molar-refractivity contribution in [1.82, 2.24) is 5.32 Å². The van der Waals surface area contributed by atoms with Crippen LogP contribution in [0.3, 0.4) is 0 Å². The first kappa shape index (κ1) is 14.6. The van der Waals surface area contributed by atoms with E-state index in [4.69, 9.17) is 4.74 Å². The monoisotopic (exact) mass is 296 g/mol. The van der Waals surface area contributed by atoms with E-state index in [1.54, 1.807) is 7.11 Å². The summed E-state index contributed by atoms with van der Waals surface area (Å²) in [6, 6.07) is 16.0. The van der Waals surface area contributed by atoms with Gasteiger partial charge in [-0.1, -0.05) is 30.3 Å². The molecule has 114 valence electrons. The number of carbonyl (C=O) groups is 1. The van der Waals surface area contributed by atoms with E-state index in [0.29, 0.717) is 6.42 Å². The number of ether oxygens (including phenoxy) is 1. The van der Waals surface area contributed by atoms with E-state index in [-0.39, 0.29) is 11.8 Å². The Hall–Kier alpha value is -2.33. The molecule has 1 atom stereocenters. The van der Waals surface area contributed by atoms with Gasteiger partial charge >= 0.3 is 0 Å². The molecule has 0 bridgehead atoms. The number of rotatable bonds is 5. The Balaban J connectivity index is 1.60. The van der Waals surface area contributed by atoms with Crippen molar-refractivity contribution < 1.29 is 9.53 Å². The van der Waals surface area contributed by atoms with E-state index in [9.17, 15) is 4.79 Å². The number of benzene rings is 2. The molecule has 4 heteroatoms. The molecule has 0 radical (unpaired) electrons. The van der Waals surface area contributed by atoms with Crippen LogP contribution in [0.1, 0.15) is 23.5 Å². The van der Waals surface area contributed by atoms with Crippen LogP contribution in [-0.2, 0) is 11.3 Å². The van der Waals surface area contributed by atoms with Gasteiger partial charge in [0.15, 0.2) is 0 Å². The van der Waals surface area contributed by atoms with Gasteiger partial charge in [0.05, 0.1) is 7.11 Å². The fraction of sp³-hybridized carbons (Fsp3) is 0.278. The van der Waals surface area contributed by atoms with Crippen LogP contribution in [0, 0.1) is 0 Å². The minimum atomic E-state index is 0.0925. The number of amides is 1. The Kier molecular flexibility index (Phi) is 4.39. The first-order valence-electron chi connectivity index (χ1n) is 7.48. The highest BCUT2D eigenvalue weighted by molar-refractivity contribution is 5.94. The van der Waals surface area contributed by atoms with Crippen molar-refractivity contribution in [3.63, 3.8) is 0 Å². The summed E-state index contributed by atoms with van der Waals surface area (Å²) in [5.74, 6) is 1.18. The molecule has 1 aliphatic heterocycles. The number of methoxy groups -OCH3 is 1. The maximum Gasteiger partial charge on any atom is 0.225 e. The topological polar surface area (TPSA) is 50.4 Å². The lowest BCUT2D eigenvalue weighted by atomic mass is 9.90. The number of nitrogens with one attached hydrogen (secondary N) is 2. The average Bonchev–Trinajstić information content (AvgIpc) is 2.55. The lowest BCUT2D eigenvalue weighted by Crippen LogP contribution is -2.29. The molecule has 0 saturated heterocycles. The minimum Gasteiger partial charge on any atom is -0.497 e. The Labute approximate surface area is 130 Å². The summed E-state index contributed by atoms with van der Waals surface area (Å²) in [7, 11) is 1.67. The largest absolute Gasteiger partial charge is 0.497 e. The van der Waals surface area contributed by atoms with Crippen molar-refractivity contribution in [2.75, 3.05) is 19.0 Å². The summed E-state index contributed by atoms with van der Waals surface area (Å²) in [5, 5.41) is 6.38. The number of para-hydroxylation sites is 1. The highest BCUT2D eigenvalue weighted by Crippen LogP contribution is 2.31. The smallest absolute Gasteiger partial charge is 0.225 e. The van der Waals surface area contributed by atoms with Crippen molar-refractivity contribution in [2.24, 2.45) is 0 Å². The minimum absolute atomic E-state index is 0.0925. The molecule has 1 amide bonds. The zero-order valence-corrected chi connectivity index (χ0v) is 12.6. The summed E-state index contributed by atoms with van der Waals surface area (Å²) in [5.41, 5.74) is 3.36. The summed E-state index contributed by atoms with van der Waals surface area (Å²) in [4.78, 5) is 11.8. The summed E-state index contributed by atoms with van der Waals surface area (Å²) in [6.07, 6.45) is 0.534. The molecule has 0 spiro atoms. The zero-order valence-electron chi connectivity index (χ0n) is 12.6. The molecule has 0 saturated carbocycles. The number of fused-ring (bicyclic) bond motifs is 1. The van der Waals surface area contributed by atoms with Crippen LogP contribution in [0.2, 0.25) is 0 Å². The summed E-state index contributed by atoms with van der Waals surface area (Å²) < 4.78 is 5.15. The van der Waals surface area contributed by atoms with Crippen LogP contribution in [-0.4, -0.2) is 19.6 Å². The Morgan fingerprint density at radius 2 is 1.95 bits per heavy atom. The van der Waals surface area contributed by atoms with Crippen molar-refractivity contribution in [1.29, 1.82) is 0 Å². The van der Waals surface area contributed by atoms with E-state index in [1.807, 2.05) is 42.5 Å². The van der Waals surface area contributed by atoms with Crippen molar-refractivity contribution >= 4 is 11.6 Å². The second kappa shape index (κ2) is 6.62. The van der Waals surface area contributed by atoms with Gasteiger partial charge in [-0.25, -0.2) is 0 Å². The quantitative estimate of drug-likeness (QED) is 0.892. The SMILES string of the molecule is COc1ccc(CNCC2CC(=O)Nc3ccccc32)cc1. The Bertz CT molecular complexity index is 652. The molecular weight excluding hydrogens is 276 g/mol. The molecule has 1 unspecified atom stereocenters. The first-order chi connectivity index (χ1) is 10.8. The maximum absolute atomic E-state index is 11.8.